The number of aliphatic hydroxyl groups excluding tert-OH is 2. The molecule has 9 nitrogen and oxygen atoms in total. The molecule has 3 atom stereocenters. The largest absolute Gasteiger partial charge is 0.511 e. The molecule has 0 radical (unpaired) electrons. The molecule has 34 heavy (non-hydrogen) atoms. The molecule has 3 aliphatic carbocycles. The molecule has 3 aliphatic rings. The van der Waals surface area contributed by atoms with Gasteiger partial charge in [-0.1, -0.05) is 6.92 Å². The highest BCUT2D eigenvalue weighted by atomic mass is 16.5. The number of aliphatic hydroxyl groups is 2. The first-order valence-electron chi connectivity index (χ1n) is 11.4. The lowest BCUT2D eigenvalue weighted by atomic mass is 9.62. The van der Waals surface area contributed by atoms with Gasteiger partial charge in [-0.05, 0) is 42.7 Å². The fourth-order valence-corrected chi connectivity index (χ4v) is 5.58. The Bertz CT molecular complexity index is 1150. The van der Waals surface area contributed by atoms with E-state index in [1.807, 2.05) is 32.0 Å². The Labute approximate surface area is 197 Å². The van der Waals surface area contributed by atoms with Crippen LogP contribution in [0.5, 0.6) is 5.75 Å². The van der Waals surface area contributed by atoms with Crippen LogP contribution >= 0.6 is 0 Å². The zero-order valence-corrected chi connectivity index (χ0v) is 19.6. The number of fused-ring (bicyclic) bond motifs is 3. The highest BCUT2D eigenvalue weighted by molar-refractivity contribution is 6.22. The van der Waals surface area contributed by atoms with Gasteiger partial charge in [0.15, 0.2) is 11.6 Å². The smallest absolute Gasteiger partial charge is 0.255 e. The quantitative estimate of drug-likeness (QED) is 0.366. The van der Waals surface area contributed by atoms with E-state index in [4.69, 9.17) is 10.5 Å². The van der Waals surface area contributed by atoms with Crippen LogP contribution in [0.25, 0.3) is 0 Å². The first-order valence-corrected chi connectivity index (χ1v) is 11.4. The summed E-state index contributed by atoms with van der Waals surface area (Å²) in [5, 5.41) is 32.4. The number of rotatable bonds is 6. The summed E-state index contributed by atoms with van der Waals surface area (Å²) >= 11 is 0. The number of ether oxygens (including phenoxy) is 1. The molecule has 9 heteroatoms. The predicted molar refractivity (Wildman–Crippen MR) is 124 cm³/mol. The maximum absolute atomic E-state index is 13.7. The van der Waals surface area contributed by atoms with Crippen molar-refractivity contribution in [2.45, 2.75) is 39.2 Å². The minimum absolute atomic E-state index is 0.0169. The van der Waals surface area contributed by atoms with Gasteiger partial charge in [0.25, 0.3) is 5.91 Å². The minimum atomic E-state index is -1.12. The molecular formula is C25H30N2O7. The number of allylic oxidation sites excluding steroid dienone is 3. The number of anilines is 1. The van der Waals surface area contributed by atoms with Gasteiger partial charge in [-0.15, -0.1) is 0 Å². The first kappa shape index (κ1) is 23.8. The van der Waals surface area contributed by atoms with E-state index >= 15 is 0 Å². The third-order valence-corrected chi connectivity index (χ3v) is 7.03. The third-order valence-electron chi connectivity index (χ3n) is 7.03. The van der Waals surface area contributed by atoms with E-state index in [0.717, 1.165) is 12.1 Å². The van der Waals surface area contributed by atoms with Gasteiger partial charge in [-0.3, -0.25) is 14.4 Å². The van der Waals surface area contributed by atoms with E-state index in [0.29, 0.717) is 30.6 Å². The summed E-state index contributed by atoms with van der Waals surface area (Å²) in [4.78, 5) is 40.3. The number of phenolic OH excluding ortho intramolecular Hbond substituents is 1. The first-order chi connectivity index (χ1) is 16.1. The summed E-state index contributed by atoms with van der Waals surface area (Å²) in [5.41, 5.74) is 6.85. The summed E-state index contributed by atoms with van der Waals surface area (Å²) in [7, 11) is 3.70. The van der Waals surface area contributed by atoms with E-state index in [2.05, 4.69) is 0 Å². The molecule has 1 aromatic rings. The van der Waals surface area contributed by atoms with Crippen LogP contribution in [-0.4, -0.2) is 53.5 Å². The number of hydrogen-bond donors (Lipinski definition) is 4. The van der Waals surface area contributed by atoms with E-state index in [1.165, 1.54) is 0 Å². The van der Waals surface area contributed by atoms with E-state index < -0.39 is 46.6 Å². The number of nitrogens with zero attached hydrogens (tertiary/aromatic N) is 1. The SMILES string of the molecule is CCCOCc1cc(N(C)C)c2c(c1O)C(=O)C1=C(O)C3C(=O)C(C(N)=O)=C(O)CC3CC1C2. The van der Waals surface area contributed by atoms with Crippen LogP contribution in [0.15, 0.2) is 28.7 Å². The lowest BCUT2D eigenvalue weighted by Gasteiger charge is -2.41. The Morgan fingerprint density at radius 1 is 1.21 bits per heavy atom. The number of amides is 1. The summed E-state index contributed by atoms with van der Waals surface area (Å²) in [5.74, 6) is -5.31. The maximum Gasteiger partial charge on any atom is 0.255 e. The van der Waals surface area contributed by atoms with Crippen LogP contribution in [0, 0.1) is 17.8 Å². The van der Waals surface area contributed by atoms with Crippen LogP contribution in [0.1, 0.15) is 47.7 Å². The lowest BCUT2D eigenvalue weighted by Crippen LogP contribution is -2.43. The molecule has 0 saturated heterocycles. The topological polar surface area (TPSA) is 150 Å². The van der Waals surface area contributed by atoms with Gasteiger partial charge in [-0.25, -0.2) is 0 Å². The number of benzene rings is 1. The van der Waals surface area contributed by atoms with Crippen molar-refractivity contribution in [1.82, 2.24) is 0 Å². The van der Waals surface area contributed by atoms with Crippen LogP contribution in [-0.2, 0) is 27.4 Å². The van der Waals surface area contributed by atoms with Gasteiger partial charge < -0.3 is 30.7 Å². The normalized spacial score (nSPS) is 24.0. The molecule has 182 valence electrons. The predicted octanol–water partition coefficient (Wildman–Crippen LogP) is 2.46. The Morgan fingerprint density at radius 2 is 1.91 bits per heavy atom. The molecule has 3 unspecified atom stereocenters. The average molecular weight is 471 g/mol. The number of phenols is 1. The third kappa shape index (κ3) is 3.64. The van der Waals surface area contributed by atoms with Crippen molar-refractivity contribution < 1.29 is 34.4 Å². The molecule has 0 aromatic heterocycles. The van der Waals surface area contributed by atoms with Crippen molar-refractivity contribution in [2.24, 2.45) is 23.5 Å². The number of carbonyl (C=O) groups excluding carboxylic acids is 3. The fourth-order valence-electron chi connectivity index (χ4n) is 5.58. The molecule has 5 N–H and O–H groups in total. The molecule has 1 amide bonds. The highest BCUT2D eigenvalue weighted by Gasteiger charge is 2.50. The van der Waals surface area contributed by atoms with Crippen LogP contribution < -0.4 is 10.6 Å². The van der Waals surface area contributed by atoms with Crippen LogP contribution in [0.3, 0.4) is 0 Å². The summed E-state index contributed by atoms with van der Waals surface area (Å²) < 4.78 is 5.60. The van der Waals surface area contributed by atoms with Crippen molar-refractivity contribution in [3.05, 3.63) is 45.4 Å². The number of hydrogen-bond acceptors (Lipinski definition) is 8. The number of primary amides is 1. The van der Waals surface area contributed by atoms with E-state index in [9.17, 15) is 29.7 Å². The van der Waals surface area contributed by atoms with Crippen LogP contribution in [0.4, 0.5) is 5.69 Å². The monoisotopic (exact) mass is 470 g/mol. The minimum Gasteiger partial charge on any atom is -0.511 e. The number of ketones is 2. The Kier molecular flexibility index (Phi) is 6.16. The molecular weight excluding hydrogens is 440 g/mol. The zero-order valence-electron chi connectivity index (χ0n) is 19.6. The molecule has 0 aliphatic heterocycles. The van der Waals surface area contributed by atoms with Gasteiger partial charge in [0.2, 0.25) is 0 Å². The molecule has 0 saturated carbocycles. The molecule has 0 heterocycles. The van der Waals surface area contributed by atoms with Gasteiger partial charge in [0.05, 0.1) is 18.1 Å². The van der Waals surface area contributed by atoms with Crippen LogP contribution in [0.2, 0.25) is 0 Å². The summed E-state index contributed by atoms with van der Waals surface area (Å²) in [6, 6.07) is 1.81. The van der Waals surface area contributed by atoms with Gasteiger partial charge >= 0.3 is 0 Å². The van der Waals surface area contributed by atoms with Crippen molar-refractivity contribution in [2.75, 3.05) is 25.6 Å². The Balaban J connectivity index is 1.83. The molecule has 1 aromatic carbocycles. The van der Waals surface area contributed by atoms with Gasteiger partial charge in [0.1, 0.15) is 22.8 Å². The molecule has 0 bridgehead atoms. The van der Waals surface area contributed by atoms with Crippen molar-refractivity contribution in [3.8, 4) is 5.75 Å². The lowest BCUT2D eigenvalue weighted by molar-refractivity contribution is -0.126. The number of carbonyl (C=O) groups is 3. The Hall–Kier alpha value is -3.33. The second-order valence-corrected chi connectivity index (χ2v) is 9.46. The Morgan fingerprint density at radius 3 is 2.53 bits per heavy atom. The highest BCUT2D eigenvalue weighted by Crippen LogP contribution is 2.51. The standard InChI is InChI=1S/C25H30N2O7/c1-4-5-34-10-13-8-15(27(2)3)14-7-11-6-12-9-16(28)20(25(26)33)24(32)18(12)22(30)17(11)23(31)19(14)21(13)29/h8,11-12,18,28-30H,4-7,9-10H2,1-3H3,(H2,26,33). The molecule has 0 spiro atoms. The second-order valence-electron chi connectivity index (χ2n) is 9.46. The van der Waals surface area contributed by atoms with E-state index in [1.54, 1.807) is 0 Å². The van der Waals surface area contributed by atoms with Crippen molar-refractivity contribution in [1.29, 1.82) is 0 Å². The van der Waals surface area contributed by atoms with Crippen molar-refractivity contribution >= 4 is 23.2 Å². The maximum atomic E-state index is 13.7. The number of aromatic hydroxyl groups is 1. The number of Topliss-reactive ketones (excluding diaryl/α,β-unsaturated/α-hetero) is 2. The second kappa shape index (κ2) is 8.79. The van der Waals surface area contributed by atoms with Gasteiger partial charge in [-0.2, -0.15) is 0 Å². The number of nitrogens with two attached hydrogens (primary N) is 1. The zero-order chi connectivity index (χ0) is 24.9. The fraction of sp³-hybridized carbons (Fsp3) is 0.480. The molecule has 0 fully saturated rings. The molecule has 4 rings (SSSR count). The van der Waals surface area contributed by atoms with E-state index in [-0.39, 0.29) is 35.7 Å². The average Bonchev–Trinajstić information content (AvgIpc) is 2.74. The van der Waals surface area contributed by atoms with Crippen molar-refractivity contribution in [3.63, 3.8) is 0 Å². The van der Waals surface area contributed by atoms with Gasteiger partial charge in [0, 0.05) is 43.9 Å². The summed E-state index contributed by atoms with van der Waals surface area (Å²) in [6.07, 6.45) is 1.57. The summed E-state index contributed by atoms with van der Waals surface area (Å²) in [6.45, 7) is 2.60.